The molecule has 1 aromatic carbocycles. The molecule has 19 heavy (non-hydrogen) atoms. The summed E-state index contributed by atoms with van der Waals surface area (Å²) < 4.78 is 0. The van der Waals surface area contributed by atoms with E-state index in [4.69, 9.17) is 0 Å². The van der Waals surface area contributed by atoms with Crippen LogP contribution in [0, 0.1) is 23.7 Å². The molecular weight excluding hydrogens is 234 g/mol. The van der Waals surface area contributed by atoms with Gasteiger partial charge >= 0.3 is 0 Å². The topological polar surface area (TPSA) is 29.1 Å². The van der Waals surface area contributed by atoms with Crippen LogP contribution < -0.4 is 5.32 Å². The van der Waals surface area contributed by atoms with Crippen LogP contribution in [0.4, 0.5) is 0 Å². The standard InChI is InChI=1S/C17H19NO/c19-15-9-14(18-10-11-4-2-1-3-5-11)16-12-6-7-13(8-12)17(15)16/h1-5,9,12-13,16-18H,6-8,10H2/t12-,13+,16?,17?/m1/s1. The van der Waals surface area contributed by atoms with E-state index >= 15 is 0 Å². The van der Waals surface area contributed by atoms with Crippen molar-refractivity contribution in [2.45, 2.75) is 25.8 Å². The normalized spacial score (nSPS) is 35.4. The van der Waals surface area contributed by atoms with Gasteiger partial charge in [-0.15, -0.1) is 0 Å². The molecule has 0 radical (unpaired) electrons. The molecule has 2 nitrogen and oxygen atoms in total. The van der Waals surface area contributed by atoms with Crippen LogP contribution in [0.15, 0.2) is 42.1 Å². The third kappa shape index (κ3) is 1.73. The van der Waals surface area contributed by atoms with E-state index in [0.717, 1.165) is 12.5 Å². The second-order valence-corrected chi connectivity index (χ2v) is 6.23. The molecule has 0 spiro atoms. The van der Waals surface area contributed by atoms with Crippen LogP contribution >= 0.6 is 0 Å². The summed E-state index contributed by atoms with van der Waals surface area (Å²) in [5.41, 5.74) is 2.49. The number of allylic oxidation sites excluding steroid dienone is 2. The lowest BCUT2D eigenvalue weighted by molar-refractivity contribution is -0.119. The Morgan fingerprint density at radius 3 is 2.58 bits per heavy atom. The van der Waals surface area contributed by atoms with E-state index in [1.54, 1.807) is 0 Å². The van der Waals surface area contributed by atoms with Crippen LogP contribution in [0.25, 0.3) is 0 Å². The smallest absolute Gasteiger partial charge is 0.161 e. The minimum Gasteiger partial charge on any atom is -0.384 e. The van der Waals surface area contributed by atoms with Crippen LogP contribution in [0.3, 0.4) is 0 Å². The highest BCUT2D eigenvalue weighted by Crippen LogP contribution is 2.57. The van der Waals surface area contributed by atoms with Gasteiger partial charge in [-0.25, -0.2) is 0 Å². The van der Waals surface area contributed by atoms with Gasteiger partial charge in [-0.1, -0.05) is 30.3 Å². The molecule has 2 fully saturated rings. The minimum absolute atomic E-state index is 0.317. The highest BCUT2D eigenvalue weighted by Gasteiger charge is 2.54. The Labute approximate surface area is 113 Å². The van der Waals surface area contributed by atoms with Crippen molar-refractivity contribution in [3.05, 3.63) is 47.7 Å². The Morgan fingerprint density at radius 1 is 1.05 bits per heavy atom. The molecule has 0 amide bonds. The summed E-state index contributed by atoms with van der Waals surface area (Å²) in [6.07, 6.45) is 5.77. The molecule has 1 N–H and O–H groups in total. The second kappa shape index (κ2) is 4.22. The quantitative estimate of drug-likeness (QED) is 0.897. The Bertz CT molecular complexity index is 533. The van der Waals surface area contributed by atoms with Gasteiger partial charge in [0.05, 0.1) is 0 Å². The Hall–Kier alpha value is -1.57. The average Bonchev–Trinajstić information content (AvgIpc) is 3.11. The zero-order valence-corrected chi connectivity index (χ0v) is 11.0. The van der Waals surface area contributed by atoms with Crippen molar-refractivity contribution in [2.75, 3.05) is 0 Å². The van der Waals surface area contributed by atoms with Crippen molar-refractivity contribution in [3.8, 4) is 0 Å². The van der Waals surface area contributed by atoms with Gasteiger partial charge in [-0.3, -0.25) is 4.79 Å². The molecule has 0 saturated heterocycles. The van der Waals surface area contributed by atoms with Crippen molar-refractivity contribution in [1.82, 2.24) is 5.32 Å². The summed E-state index contributed by atoms with van der Waals surface area (Å²) >= 11 is 0. The molecule has 3 aliphatic rings. The molecule has 4 atom stereocenters. The maximum absolute atomic E-state index is 12.2. The lowest BCUT2D eigenvalue weighted by atomic mass is 9.80. The number of hydrogen-bond donors (Lipinski definition) is 1. The third-order valence-electron chi connectivity index (χ3n) is 5.24. The molecule has 3 aliphatic carbocycles. The number of benzene rings is 1. The molecule has 2 heteroatoms. The molecule has 2 unspecified atom stereocenters. The van der Waals surface area contributed by atoms with Gasteiger partial charge in [0.15, 0.2) is 5.78 Å². The number of carbonyl (C=O) groups is 1. The van der Waals surface area contributed by atoms with E-state index in [1.165, 1.54) is 30.5 Å². The third-order valence-corrected chi connectivity index (χ3v) is 5.24. The van der Waals surface area contributed by atoms with E-state index in [-0.39, 0.29) is 0 Å². The number of nitrogens with one attached hydrogen (secondary N) is 1. The Balaban J connectivity index is 1.50. The fraction of sp³-hybridized carbons (Fsp3) is 0.471. The van der Waals surface area contributed by atoms with Gasteiger partial charge in [-0.05, 0) is 36.7 Å². The van der Waals surface area contributed by atoms with Crippen LogP contribution in [0.2, 0.25) is 0 Å². The maximum atomic E-state index is 12.2. The van der Waals surface area contributed by atoms with Crippen molar-refractivity contribution >= 4 is 5.78 Å². The van der Waals surface area contributed by atoms with Gasteiger partial charge < -0.3 is 5.32 Å². The maximum Gasteiger partial charge on any atom is 0.161 e. The summed E-state index contributed by atoms with van der Waals surface area (Å²) in [7, 11) is 0. The van der Waals surface area contributed by atoms with Gasteiger partial charge in [0, 0.05) is 30.2 Å². The first-order valence-electron chi connectivity index (χ1n) is 7.36. The molecule has 0 aromatic heterocycles. The SMILES string of the molecule is O=C1C=C(NCc2ccccc2)C2C1[C@H]1CC[C@@H]2C1. The molecule has 98 valence electrons. The molecule has 1 aromatic rings. The zero-order valence-electron chi connectivity index (χ0n) is 11.0. The van der Waals surface area contributed by atoms with Gasteiger partial charge in [0.2, 0.25) is 0 Å². The van der Waals surface area contributed by atoms with Gasteiger partial charge in [-0.2, -0.15) is 0 Å². The molecule has 2 bridgehead atoms. The van der Waals surface area contributed by atoms with Crippen LogP contribution in [0.1, 0.15) is 24.8 Å². The van der Waals surface area contributed by atoms with E-state index in [9.17, 15) is 4.79 Å². The number of carbonyl (C=O) groups excluding carboxylic acids is 1. The van der Waals surface area contributed by atoms with Crippen LogP contribution in [-0.2, 0) is 11.3 Å². The predicted octanol–water partition coefficient (Wildman–Crippen LogP) is 2.91. The molecule has 4 rings (SSSR count). The monoisotopic (exact) mass is 253 g/mol. The summed E-state index contributed by atoms with van der Waals surface area (Å²) in [5.74, 6) is 2.64. The number of rotatable bonds is 3. The van der Waals surface area contributed by atoms with Gasteiger partial charge in [0.1, 0.15) is 0 Å². The van der Waals surface area contributed by atoms with Crippen molar-refractivity contribution in [2.24, 2.45) is 23.7 Å². The summed E-state index contributed by atoms with van der Waals surface area (Å²) in [4.78, 5) is 12.2. The van der Waals surface area contributed by atoms with Crippen LogP contribution in [-0.4, -0.2) is 5.78 Å². The summed E-state index contributed by atoms with van der Waals surface area (Å²) in [6.45, 7) is 0.834. The largest absolute Gasteiger partial charge is 0.384 e. The fourth-order valence-corrected chi connectivity index (χ4v) is 4.46. The number of fused-ring (bicyclic) bond motifs is 5. The zero-order chi connectivity index (χ0) is 12.8. The Morgan fingerprint density at radius 2 is 1.79 bits per heavy atom. The first kappa shape index (κ1) is 11.3. The second-order valence-electron chi connectivity index (χ2n) is 6.23. The highest BCUT2D eigenvalue weighted by molar-refractivity contribution is 5.96. The highest BCUT2D eigenvalue weighted by atomic mass is 16.1. The Kier molecular flexibility index (Phi) is 2.51. The average molecular weight is 253 g/mol. The van der Waals surface area contributed by atoms with E-state index in [2.05, 4.69) is 29.6 Å². The lowest BCUT2D eigenvalue weighted by Crippen LogP contribution is -2.28. The molecule has 2 saturated carbocycles. The lowest BCUT2D eigenvalue weighted by Gasteiger charge is -2.26. The van der Waals surface area contributed by atoms with Crippen molar-refractivity contribution < 1.29 is 4.79 Å². The number of ketones is 1. The summed E-state index contributed by atoms with van der Waals surface area (Å²) in [5, 5.41) is 3.52. The summed E-state index contributed by atoms with van der Waals surface area (Å²) in [6, 6.07) is 10.4. The van der Waals surface area contributed by atoms with Crippen LogP contribution in [0.5, 0.6) is 0 Å². The van der Waals surface area contributed by atoms with Crippen molar-refractivity contribution in [1.29, 1.82) is 0 Å². The van der Waals surface area contributed by atoms with Gasteiger partial charge in [0.25, 0.3) is 0 Å². The minimum atomic E-state index is 0.317. The van der Waals surface area contributed by atoms with E-state index in [0.29, 0.717) is 23.5 Å². The van der Waals surface area contributed by atoms with E-state index in [1.807, 2.05) is 12.1 Å². The molecule has 0 heterocycles. The first-order valence-corrected chi connectivity index (χ1v) is 7.36. The molecular formula is C17H19NO. The molecule has 0 aliphatic heterocycles. The van der Waals surface area contributed by atoms with E-state index < -0.39 is 0 Å². The fourth-order valence-electron chi connectivity index (χ4n) is 4.46. The number of hydrogen-bond acceptors (Lipinski definition) is 2. The predicted molar refractivity (Wildman–Crippen MR) is 74.2 cm³/mol. The van der Waals surface area contributed by atoms with Crippen molar-refractivity contribution in [3.63, 3.8) is 0 Å². The first-order chi connectivity index (χ1) is 9.33.